The van der Waals surface area contributed by atoms with Crippen molar-refractivity contribution in [1.29, 1.82) is 5.26 Å². The van der Waals surface area contributed by atoms with E-state index >= 15 is 0 Å². The largest absolute Gasteiger partial charge is 0.268 e. The number of allylic oxidation sites excluding steroid dienone is 1. The number of aromatic nitrogens is 2. The lowest BCUT2D eigenvalue weighted by atomic mass is 9.49. The Morgan fingerprint density at radius 3 is 2.70 bits per heavy atom. The Labute approximate surface area is 185 Å². The van der Waals surface area contributed by atoms with Gasteiger partial charge in [0.25, 0.3) is 0 Å². The van der Waals surface area contributed by atoms with Crippen LogP contribution in [-0.2, 0) is 6.54 Å². The predicted molar refractivity (Wildman–Crippen MR) is 125 cm³/mol. The minimum atomic E-state index is 0. The predicted octanol–water partition coefficient (Wildman–Crippen LogP) is 7.10. The molecule has 4 saturated carbocycles. The molecule has 0 bridgehead atoms. The summed E-state index contributed by atoms with van der Waals surface area (Å²) in [6.07, 6.45) is 19.0. The molecule has 0 aliphatic heterocycles. The lowest BCUT2D eigenvalue weighted by Gasteiger charge is -2.56. The number of rotatable bonds is 2. The first kappa shape index (κ1) is 21.7. The molecule has 3 nitrogen and oxygen atoms in total. The van der Waals surface area contributed by atoms with Crippen LogP contribution in [0.2, 0.25) is 0 Å². The van der Waals surface area contributed by atoms with Crippen molar-refractivity contribution in [2.45, 2.75) is 85.1 Å². The van der Waals surface area contributed by atoms with Crippen LogP contribution >= 0.6 is 0 Å². The topological polar surface area (TPSA) is 41.6 Å². The fourth-order valence-corrected chi connectivity index (χ4v) is 8.00. The Kier molecular flexibility index (Phi) is 6.42. The summed E-state index contributed by atoms with van der Waals surface area (Å²) >= 11 is 0. The molecule has 1 aromatic heterocycles. The van der Waals surface area contributed by atoms with E-state index in [1.807, 2.05) is 6.07 Å². The van der Waals surface area contributed by atoms with Gasteiger partial charge in [-0.3, -0.25) is 4.68 Å². The molecule has 30 heavy (non-hydrogen) atoms. The Bertz CT molecular complexity index is 780. The van der Waals surface area contributed by atoms with Crippen molar-refractivity contribution in [3.8, 4) is 6.07 Å². The second-order valence-electron chi connectivity index (χ2n) is 11.2. The fourth-order valence-electron chi connectivity index (χ4n) is 8.00. The average Bonchev–Trinajstić information content (AvgIpc) is 3.32. The van der Waals surface area contributed by atoms with Crippen molar-refractivity contribution in [2.24, 2.45) is 46.8 Å². The Hall–Kier alpha value is -1.56. The Morgan fingerprint density at radius 1 is 1.17 bits per heavy atom. The van der Waals surface area contributed by atoms with E-state index in [1.54, 1.807) is 61.9 Å². The summed E-state index contributed by atoms with van der Waals surface area (Å²) in [5.74, 6) is 7.61. The van der Waals surface area contributed by atoms with Gasteiger partial charge >= 0.3 is 0 Å². The van der Waals surface area contributed by atoms with Gasteiger partial charge < -0.3 is 0 Å². The zero-order chi connectivity index (χ0) is 21.3. The van der Waals surface area contributed by atoms with Gasteiger partial charge in [0.05, 0.1) is 18.3 Å². The molecule has 1 aromatic rings. The molecular weight excluding hydrogens is 366 g/mol. The molecule has 0 spiro atoms. The minimum Gasteiger partial charge on any atom is -0.268 e. The highest BCUT2D eigenvalue weighted by molar-refractivity contribution is 5.21. The highest BCUT2D eigenvalue weighted by Crippen LogP contribution is 2.64. The van der Waals surface area contributed by atoms with E-state index in [1.165, 1.54) is 19.0 Å². The first-order valence-electron chi connectivity index (χ1n) is 12.5. The zero-order valence-electron chi connectivity index (χ0n) is 19.4. The van der Waals surface area contributed by atoms with Gasteiger partial charge in [-0.1, -0.05) is 33.3 Å². The first-order chi connectivity index (χ1) is 14.5. The number of nitriles is 1. The third-order valence-electron chi connectivity index (χ3n) is 9.77. The first-order valence-corrected chi connectivity index (χ1v) is 12.5. The number of fused-ring (bicyclic) bond motifs is 5. The smallest absolute Gasteiger partial charge is 0.102 e. The van der Waals surface area contributed by atoms with Gasteiger partial charge in [0.1, 0.15) is 6.07 Å². The van der Waals surface area contributed by atoms with Crippen LogP contribution in [0.4, 0.5) is 0 Å². The van der Waals surface area contributed by atoms with Gasteiger partial charge in [-0.05, 0) is 98.2 Å². The summed E-state index contributed by atoms with van der Waals surface area (Å²) in [7, 11) is 0. The van der Waals surface area contributed by atoms with Crippen LogP contribution in [0.15, 0.2) is 25.0 Å². The minimum absolute atomic E-state index is 0. The molecule has 0 radical (unpaired) electrons. The Balaban J connectivity index is 0.000000212. The number of nitrogens with zero attached hydrogens (tertiary/aromatic N) is 3. The van der Waals surface area contributed by atoms with Crippen molar-refractivity contribution in [3.05, 3.63) is 30.6 Å². The van der Waals surface area contributed by atoms with Gasteiger partial charge in [0.2, 0.25) is 0 Å². The normalized spacial score (nSPS) is 42.0. The molecule has 4 fully saturated rings. The summed E-state index contributed by atoms with van der Waals surface area (Å²) in [6.45, 7) is 11.9. The molecule has 1 heterocycles. The molecule has 0 N–H and O–H groups in total. The summed E-state index contributed by atoms with van der Waals surface area (Å²) in [5, 5.41) is 12.3. The van der Waals surface area contributed by atoms with Crippen LogP contribution in [0, 0.1) is 58.2 Å². The maximum atomic E-state index is 8.39. The summed E-state index contributed by atoms with van der Waals surface area (Å²) in [4.78, 5) is 0. The summed E-state index contributed by atoms with van der Waals surface area (Å²) in [6, 6.07) is 1.99. The van der Waals surface area contributed by atoms with Gasteiger partial charge in [0.15, 0.2) is 0 Å². The lowest BCUT2D eigenvalue weighted by Crippen LogP contribution is -2.48. The van der Waals surface area contributed by atoms with Crippen molar-refractivity contribution >= 4 is 0 Å². The standard InChI is InChI=1S/C20H34.C7H7N3.H2/c1-13-4-7-16-15(12-13)6-8-18-17(16)10-11-20(3)14(2)5-9-19(18)20;1-2-3-10-6-7(4-8)5-9-10;/h13-19H,4-12H2,1-3H3;2,5-6H,1,3H2;1H. The highest BCUT2D eigenvalue weighted by Gasteiger charge is 2.55. The molecule has 4 aliphatic rings. The van der Waals surface area contributed by atoms with Crippen LogP contribution in [0.5, 0.6) is 0 Å². The van der Waals surface area contributed by atoms with Crippen LogP contribution in [0.1, 0.15) is 85.5 Å². The highest BCUT2D eigenvalue weighted by atomic mass is 15.3. The fraction of sp³-hybridized carbons (Fsp3) is 0.778. The average molecular weight is 410 g/mol. The molecule has 5 rings (SSSR count). The van der Waals surface area contributed by atoms with Crippen LogP contribution in [-0.4, -0.2) is 9.78 Å². The summed E-state index contributed by atoms with van der Waals surface area (Å²) in [5.41, 5.74) is 1.30. The molecular formula is C27H43N3. The molecule has 0 saturated heterocycles. The van der Waals surface area contributed by atoms with E-state index in [9.17, 15) is 0 Å². The van der Waals surface area contributed by atoms with Crippen LogP contribution in [0.3, 0.4) is 0 Å². The zero-order valence-corrected chi connectivity index (χ0v) is 19.4. The van der Waals surface area contributed by atoms with Crippen LogP contribution < -0.4 is 0 Å². The number of hydrogen-bond acceptors (Lipinski definition) is 2. The SMILES string of the molecule is C=CCn1cc(C#N)cn1.CC1CCC2C(CCC3C2CCC2(C)C(C)CCC32)C1.[HH]. The third kappa shape index (κ3) is 4.00. The molecule has 166 valence electrons. The van der Waals surface area contributed by atoms with E-state index in [0.29, 0.717) is 12.1 Å². The van der Waals surface area contributed by atoms with Crippen LogP contribution in [0.25, 0.3) is 0 Å². The van der Waals surface area contributed by atoms with E-state index in [4.69, 9.17) is 5.26 Å². The lowest BCUT2D eigenvalue weighted by molar-refractivity contribution is -0.0650. The van der Waals surface area contributed by atoms with E-state index in [0.717, 1.165) is 46.8 Å². The number of hydrogen-bond donors (Lipinski definition) is 0. The molecule has 8 unspecified atom stereocenters. The second-order valence-corrected chi connectivity index (χ2v) is 11.2. The van der Waals surface area contributed by atoms with Crippen molar-refractivity contribution in [2.75, 3.05) is 0 Å². The van der Waals surface area contributed by atoms with Crippen molar-refractivity contribution in [1.82, 2.24) is 9.78 Å². The van der Waals surface area contributed by atoms with Gasteiger partial charge in [-0.2, -0.15) is 10.4 Å². The monoisotopic (exact) mass is 409 g/mol. The quantitative estimate of drug-likeness (QED) is 0.489. The van der Waals surface area contributed by atoms with Gasteiger partial charge in [-0.25, -0.2) is 0 Å². The van der Waals surface area contributed by atoms with E-state index < -0.39 is 0 Å². The van der Waals surface area contributed by atoms with E-state index in [2.05, 4.69) is 32.4 Å². The Morgan fingerprint density at radius 2 is 1.97 bits per heavy atom. The molecule has 0 amide bonds. The van der Waals surface area contributed by atoms with Crippen molar-refractivity contribution < 1.29 is 1.43 Å². The maximum Gasteiger partial charge on any atom is 0.102 e. The van der Waals surface area contributed by atoms with Gasteiger partial charge in [0, 0.05) is 7.62 Å². The van der Waals surface area contributed by atoms with E-state index in [-0.39, 0.29) is 1.43 Å². The van der Waals surface area contributed by atoms with Crippen molar-refractivity contribution in [3.63, 3.8) is 0 Å². The second kappa shape index (κ2) is 8.89. The molecule has 4 aliphatic carbocycles. The molecule has 8 atom stereocenters. The maximum absolute atomic E-state index is 8.39. The molecule has 0 aromatic carbocycles. The summed E-state index contributed by atoms with van der Waals surface area (Å²) < 4.78 is 1.66. The molecule has 3 heteroatoms. The van der Waals surface area contributed by atoms with Gasteiger partial charge in [-0.15, -0.1) is 6.58 Å². The third-order valence-corrected chi connectivity index (χ3v) is 9.77.